The van der Waals surface area contributed by atoms with Gasteiger partial charge in [-0.1, -0.05) is 43.3 Å². The Hall–Kier alpha value is -2.00. The maximum Gasteiger partial charge on any atom is 0.136 e. The zero-order valence-corrected chi connectivity index (χ0v) is 12.0. The average molecular weight is 271 g/mol. The highest BCUT2D eigenvalue weighted by molar-refractivity contribution is 5.33. The van der Waals surface area contributed by atoms with E-state index in [0.29, 0.717) is 0 Å². The molecular weight excluding hydrogens is 250 g/mol. The molecule has 0 bridgehead atoms. The summed E-state index contributed by atoms with van der Waals surface area (Å²) in [7, 11) is 1.66. The van der Waals surface area contributed by atoms with Crippen molar-refractivity contribution in [2.45, 2.75) is 13.0 Å². The molecule has 0 fully saturated rings. The molecule has 3 heteroatoms. The topological polar surface area (TPSA) is 30.5 Å². The van der Waals surface area contributed by atoms with Crippen LogP contribution in [0.3, 0.4) is 0 Å². The van der Waals surface area contributed by atoms with Crippen LogP contribution in [0.15, 0.2) is 54.6 Å². The quantitative estimate of drug-likeness (QED) is 0.837. The third-order valence-electron chi connectivity index (χ3n) is 3.07. The molecule has 1 N–H and O–H groups in total. The van der Waals surface area contributed by atoms with Gasteiger partial charge in [0, 0.05) is 12.6 Å². The zero-order valence-electron chi connectivity index (χ0n) is 12.0. The molecule has 2 aromatic carbocycles. The smallest absolute Gasteiger partial charge is 0.136 e. The summed E-state index contributed by atoms with van der Waals surface area (Å²) in [5, 5.41) is 3.34. The van der Waals surface area contributed by atoms with E-state index in [2.05, 4.69) is 24.4 Å². The second-order valence-electron chi connectivity index (χ2n) is 4.50. The minimum absolute atomic E-state index is 0.0109. The number of ether oxygens (including phenoxy) is 2. The van der Waals surface area contributed by atoms with E-state index in [4.69, 9.17) is 9.47 Å². The molecule has 0 amide bonds. The number of nitrogens with one attached hydrogen (secondary N) is 1. The van der Waals surface area contributed by atoms with Crippen molar-refractivity contribution < 1.29 is 9.47 Å². The molecule has 106 valence electrons. The lowest BCUT2D eigenvalue weighted by Crippen LogP contribution is -2.24. The SMILES string of the molecule is CCNCC(Oc1cccc(OC)c1)c1ccccc1. The molecule has 0 heterocycles. The van der Waals surface area contributed by atoms with E-state index in [1.807, 2.05) is 42.5 Å². The van der Waals surface area contributed by atoms with Crippen LogP contribution in [0.25, 0.3) is 0 Å². The van der Waals surface area contributed by atoms with Crippen molar-refractivity contribution in [3.8, 4) is 11.5 Å². The van der Waals surface area contributed by atoms with Gasteiger partial charge in [0.05, 0.1) is 7.11 Å². The van der Waals surface area contributed by atoms with Gasteiger partial charge < -0.3 is 14.8 Å². The standard InChI is InChI=1S/C17H21NO2/c1-3-18-13-17(14-8-5-4-6-9-14)20-16-11-7-10-15(12-16)19-2/h4-12,17-18H,3,13H2,1-2H3. The summed E-state index contributed by atoms with van der Waals surface area (Å²) in [5.41, 5.74) is 1.16. The third kappa shape index (κ3) is 4.00. The monoisotopic (exact) mass is 271 g/mol. The molecule has 0 aliphatic rings. The first kappa shape index (κ1) is 14.4. The van der Waals surface area contributed by atoms with E-state index in [1.165, 1.54) is 0 Å². The molecule has 2 rings (SSSR count). The molecule has 0 spiro atoms. The van der Waals surface area contributed by atoms with Crippen LogP contribution in [0, 0.1) is 0 Å². The molecule has 0 saturated carbocycles. The first-order chi connectivity index (χ1) is 9.83. The van der Waals surface area contributed by atoms with E-state index in [-0.39, 0.29) is 6.10 Å². The summed E-state index contributed by atoms with van der Waals surface area (Å²) < 4.78 is 11.3. The van der Waals surface area contributed by atoms with Gasteiger partial charge >= 0.3 is 0 Å². The molecule has 0 aliphatic heterocycles. The maximum absolute atomic E-state index is 6.10. The normalized spacial score (nSPS) is 11.9. The second-order valence-corrected chi connectivity index (χ2v) is 4.50. The first-order valence-electron chi connectivity index (χ1n) is 6.90. The third-order valence-corrected chi connectivity index (χ3v) is 3.07. The van der Waals surface area contributed by atoms with Crippen molar-refractivity contribution >= 4 is 0 Å². The number of hydrogen-bond acceptors (Lipinski definition) is 3. The molecule has 0 saturated heterocycles. The van der Waals surface area contributed by atoms with Gasteiger partial charge in [-0.15, -0.1) is 0 Å². The van der Waals surface area contributed by atoms with Crippen LogP contribution < -0.4 is 14.8 Å². The van der Waals surface area contributed by atoms with E-state index in [1.54, 1.807) is 7.11 Å². The van der Waals surface area contributed by atoms with E-state index < -0.39 is 0 Å². The fraction of sp³-hybridized carbons (Fsp3) is 0.294. The molecule has 1 unspecified atom stereocenters. The number of hydrogen-bond donors (Lipinski definition) is 1. The van der Waals surface area contributed by atoms with E-state index in [0.717, 1.165) is 30.2 Å². The summed E-state index contributed by atoms with van der Waals surface area (Å²) in [5.74, 6) is 1.62. The number of likely N-dealkylation sites (N-methyl/N-ethyl adjacent to an activating group) is 1. The van der Waals surface area contributed by atoms with Crippen LogP contribution in [0.5, 0.6) is 11.5 Å². The van der Waals surface area contributed by atoms with Gasteiger partial charge in [-0.25, -0.2) is 0 Å². The van der Waals surface area contributed by atoms with Crippen LogP contribution >= 0.6 is 0 Å². The van der Waals surface area contributed by atoms with Gasteiger partial charge in [0.25, 0.3) is 0 Å². The fourth-order valence-corrected chi connectivity index (χ4v) is 2.01. The Kier molecular flexibility index (Phi) is 5.44. The average Bonchev–Trinajstić information content (AvgIpc) is 2.52. The second kappa shape index (κ2) is 7.56. The minimum atomic E-state index is -0.0109. The number of methoxy groups -OCH3 is 1. The Bertz CT molecular complexity index is 513. The first-order valence-corrected chi connectivity index (χ1v) is 6.90. The van der Waals surface area contributed by atoms with Gasteiger partial charge in [-0.2, -0.15) is 0 Å². The Labute approximate surface area is 120 Å². The van der Waals surface area contributed by atoms with Gasteiger partial charge in [-0.05, 0) is 24.2 Å². The lowest BCUT2D eigenvalue weighted by Gasteiger charge is -2.20. The predicted octanol–water partition coefficient (Wildman–Crippen LogP) is 3.42. The molecule has 20 heavy (non-hydrogen) atoms. The maximum atomic E-state index is 6.10. The summed E-state index contributed by atoms with van der Waals surface area (Å²) in [6, 6.07) is 17.9. The number of rotatable bonds is 7. The van der Waals surface area contributed by atoms with Gasteiger partial charge in [0.15, 0.2) is 0 Å². The summed E-state index contributed by atoms with van der Waals surface area (Å²) in [4.78, 5) is 0. The van der Waals surface area contributed by atoms with Crippen molar-refractivity contribution in [3.05, 3.63) is 60.2 Å². The van der Waals surface area contributed by atoms with Crippen molar-refractivity contribution in [1.82, 2.24) is 5.32 Å². The van der Waals surface area contributed by atoms with Gasteiger partial charge in [-0.3, -0.25) is 0 Å². The number of benzene rings is 2. The molecule has 0 radical (unpaired) electrons. The van der Waals surface area contributed by atoms with Crippen LogP contribution in [0.4, 0.5) is 0 Å². The van der Waals surface area contributed by atoms with Crippen molar-refractivity contribution in [2.75, 3.05) is 20.2 Å². The van der Waals surface area contributed by atoms with Crippen LogP contribution in [-0.2, 0) is 0 Å². The molecule has 0 aromatic heterocycles. The van der Waals surface area contributed by atoms with E-state index in [9.17, 15) is 0 Å². The Balaban J connectivity index is 2.14. The fourth-order valence-electron chi connectivity index (χ4n) is 2.01. The molecule has 1 atom stereocenters. The van der Waals surface area contributed by atoms with Crippen LogP contribution in [-0.4, -0.2) is 20.2 Å². The van der Waals surface area contributed by atoms with Crippen LogP contribution in [0.2, 0.25) is 0 Å². The molecular formula is C17H21NO2. The van der Waals surface area contributed by atoms with E-state index >= 15 is 0 Å². The van der Waals surface area contributed by atoms with Gasteiger partial charge in [0.2, 0.25) is 0 Å². The molecule has 3 nitrogen and oxygen atoms in total. The Morgan fingerprint density at radius 3 is 2.45 bits per heavy atom. The summed E-state index contributed by atoms with van der Waals surface area (Å²) in [6.07, 6.45) is -0.0109. The predicted molar refractivity (Wildman–Crippen MR) is 81.3 cm³/mol. The highest BCUT2D eigenvalue weighted by Crippen LogP contribution is 2.25. The zero-order chi connectivity index (χ0) is 14.2. The Morgan fingerprint density at radius 1 is 1.00 bits per heavy atom. The summed E-state index contributed by atoms with van der Waals surface area (Å²) in [6.45, 7) is 3.79. The van der Waals surface area contributed by atoms with Crippen molar-refractivity contribution in [2.24, 2.45) is 0 Å². The highest BCUT2D eigenvalue weighted by Gasteiger charge is 2.12. The van der Waals surface area contributed by atoms with Gasteiger partial charge in [0.1, 0.15) is 17.6 Å². The molecule has 2 aromatic rings. The van der Waals surface area contributed by atoms with Crippen LogP contribution in [0.1, 0.15) is 18.6 Å². The van der Waals surface area contributed by atoms with Crippen molar-refractivity contribution in [3.63, 3.8) is 0 Å². The molecule has 0 aliphatic carbocycles. The largest absolute Gasteiger partial charge is 0.497 e. The lowest BCUT2D eigenvalue weighted by atomic mass is 10.1. The summed E-state index contributed by atoms with van der Waals surface area (Å²) >= 11 is 0. The minimum Gasteiger partial charge on any atom is -0.497 e. The van der Waals surface area contributed by atoms with Crippen molar-refractivity contribution in [1.29, 1.82) is 0 Å². The lowest BCUT2D eigenvalue weighted by molar-refractivity contribution is 0.202. The highest BCUT2D eigenvalue weighted by atomic mass is 16.5. The Morgan fingerprint density at radius 2 is 1.75 bits per heavy atom.